The number of likely N-dealkylation sites (tertiary alicyclic amines) is 1. The van der Waals surface area contributed by atoms with Crippen LogP contribution in [0.25, 0.3) is 0 Å². The normalized spacial score (nSPS) is 15.8. The Hall–Kier alpha value is -2.59. The summed E-state index contributed by atoms with van der Waals surface area (Å²) >= 11 is 5.77. The van der Waals surface area contributed by atoms with E-state index in [1.165, 1.54) is 17.9 Å². The predicted octanol–water partition coefficient (Wildman–Crippen LogP) is 4.37. The Morgan fingerprint density at radius 3 is 2.53 bits per heavy atom. The number of amides is 2. The van der Waals surface area contributed by atoms with Crippen LogP contribution in [0, 0.1) is 0 Å². The van der Waals surface area contributed by atoms with Crippen LogP contribution in [0.2, 0.25) is 5.02 Å². The summed E-state index contributed by atoms with van der Waals surface area (Å²) in [5, 5.41) is 13.4. The average Bonchev–Trinajstić information content (AvgIpc) is 2.69. The third kappa shape index (κ3) is 6.46. The standard InChI is InChI=1S/C19H21ClF3N3O4/c1-3-26(24-12(2)17(27)28)18(29)25-6-4-16(5-7-25)30-11-13-8-14(19(21,22)23)10-15(20)9-13/h3,8-10,16H,1,4-7,11H2,2H3,(H,27,28)/b24-12+. The number of carboxylic acids is 1. The fourth-order valence-electron chi connectivity index (χ4n) is 2.84. The van der Waals surface area contributed by atoms with Crippen molar-refractivity contribution >= 4 is 29.3 Å². The second kappa shape index (κ2) is 9.94. The van der Waals surface area contributed by atoms with Gasteiger partial charge in [0.2, 0.25) is 0 Å². The highest BCUT2D eigenvalue weighted by Crippen LogP contribution is 2.32. The van der Waals surface area contributed by atoms with Gasteiger partial charge in [-0.3, -0.25) is 0 Å². The molecule has 2 rings (SSSR count). The van der Waals surface area contributed by atoms with Crippen LogP contribution < -0.4 is 0 Å². The van der Waals surface area contributed by atoms with Gasteiger partial charge in [-0.25, -0.2) is 9.59 Å². The largest absolute Gasteiger partial charge is 0.477 e. The van der Waals surface area contributed by atoms with Crippen molar-refractivity contribution in [1.29, 1.82) is 0 Å². The van der Waals surface area contributed by atoms with Gasteiger partial charge in [0.15, 0.2) is 0 Å². The quantitative estimate of drug-likeness (QED) is 0.518. The van der Waals surface area contributed by atoms with Crippen LogP contribution in [0.3, 0.4) is 0 Å². The van der Waals surface area contributed by atoms with Gasteiger partial charge < -0.3 is 14.7 Å². The minimum Gasteiger partial charge on any atom is -0.477 e. The molecule has 7 nitrogen and oxygen atoms in total. The number of aliphatic carboxylic acids is 1. The van der Waals surface area contributed by atoms with E-state index in [4.69, 9.17) is 21.4 Å². The Balaban J connectivity index is 1.91. The van der Waals surface area contributed by atoms with Crippen LogP contribution in [0.15, 0.2) is 36.1 Å². The SMILES string of the molecule is C=CN(/N=C(\C)C(=O)O)C(=O)N1CCC(OCc2cc(Cl)cc(C(F)(F)F)c2)CC1. The summed E-state index contributed by atoms with van der Waals surface area (Å²) in [6.07, 6.45) is -2.70. The van der Waals surface area contributed by atoms with Crippen LogP contribution in [0.5, 0.6) is 0 Å². The van der Waals surface area contributed by atoms with E-state index >= 15 is 0 Å². The lowest BCUT2D eigenvalue weighted by Gasteiger charge is -2.33. The first-order valence-electron chi connectivity index (χ1n) is 8.98. The van der Waals surface area contributed by atoms with E-state index in [-0.39, 0.29) is 23.4 Å². The molecule has 1 heterocycles. The number of hydrogen-bond donors (Lipinski definition) is 1. The maximum atomic E-state index is 12.9. The molecule has 1 fully saturated rings. The molecule has 0 radical (unpaired) electrons. The van der Waals surface area contributed by atoms with Gasteiger partial charge in [0.05, 0.1) is 18.3 Å². The van der Waals surface area contributed by atoms with E-state index in [0.29, 0.717) is 31.5 Å². The van der Waals surface area contributed by atoms with Gasteiger partial charge >= 0.3 is 18.2 Å². The zero-order valence-electron chi connectivity index (χ0n) is 16.2. The summed E-state index contributed by atoms with van der Waals surface area (Å²) in [6.45, 7) is 5.32. The fourth-order valence-corrected chi connectivity index (χ4v) is 3.09. The Bertz CT molecular complexity index is 837. The molecule has 30 heavy (non-hydrogen) atoms. The highest BCUT2D eigenvalue weighted by atomic mass is 35.5. The van der Waals surface area contributed by atoms with Crippen molar-refractivity contribution in [3.63, 3.8) is 0 Å². The minimum absolute atomic E-state index is 0.0226. The molecule has 0 unspecified atom stereocenters. The predicted molar refractivity (Wildman–Crippen MR) is 104 cm³/mol. The van der Waals surface area contributed by atoms with Crippen molar-refractivity contribution in [3.8, 4) is 0 Å². The maximum Gasteiger partial charge on any atom is 0.416 e. The van der Waals surface area contributed by atoms with E-state index in [1.807, 2.05) is 0 Å². The summed E-state index contributed by atoms with van der Waals surface area (Å²) in [7, 11) is 0. The van der Waals surface area contributed by atoms with Crippen LogP contribution >= 0.6 is 11.6 Å². The number of urea groups is 1. The Morgan fingerprint density at radius 2 is 2.00 bits per heavy atom. The molecule has 1 N–H and O–H groups in total. The Morgan fingerprint density at radius 1 is 1.37 bits per heavy atom. The van der Waals surface area contributed by atoms with Gasteiger partial charge in [-0.2, -0.15) is 23.3 Å². The Labute approximate surface area is 176 Å². The summed E-state index contributed by atoms with van der Waals surface area (Å²) in [5.41, 5.74) is -0.790. The van der Waals surface area contributed by atoms with Crippen molar-refractivity contribution in [3.05, 3.63) is 47.1 Å². The van der Waals surface area contributed by atoms with E-state index in [2.05, 4.69) is 11.7 Å². The molecule has 164 valence electrons. The zero-order chi connectivity index (χ0) is 22.5. The molecule has 0 atom stereocenters. The zero-order valence-corrected chi connectivity index (χ0v) is 16.9. The van der Waals surface area contributed by atoms with E-state index in [9.17, 15) is 22.8 Å². The van der Waals surface area contributed by atoms with Crippen molar-refractivity contribution in [2.75, 3.05) is 13.1 Å². The fraction of sp³-hybridized carbons (Fsp3) is 0.421. The molecular weight excluding hydrogens is 427 g/mol. The van der Waals surface area contributed by atoms with Crippen LogP contribution in [-0.2, 0) is 22.3 Å². The summed E-state index contributed by atoms with van der Waals surface area (Å²) in [6, 6.07) is 2.75. The topological polar surface area (TPSA) is 82.4 Å². The van der Waals surface area contributed by atoms with Crippen molar-refractivity contribution in [2.45, 2.75) is 38.7 Å². The molecule has 1 aliphatic heterocycles. The first-order chi connectivity index (χ1) is 14.0. The van der Waals surface area contributed by atoms with E-state index in [0.717, 1.165) is 23.3 Å². The van der Waals surface area contributed by atoms with Crippen LogP contribution in [0.1, 0.15) is 30.9 Å². The smallest absolute Gasteiger partial charge is 0.416 e. The number of carboxylic acid groups (broad SMARTS) is 1. The number of benzene rings is 1. The summed E-state index contributed by atoms with van der Waals surface area (Å²) in [5.74, 6) is -1.25. The lowest BCUT2D eigenvalue weighted by atomic mass is 10.1. The number of piperidine rings is 1. The van der Waals surface area contributed by atoms with Gasteiger partial charge in [0.1, 0.15) is 5.71 Å². The highest BCUT2D eigenvalue weighted by Gasteiger charge is 2.31. The molecule has 0 bridgehead atoms. The summed E-state index contributed by atoms with van der Waals surface area (Å²) in [4.78, 5) is 24.8. The number of halogens is 4. The minimum atomic E-state index is -4.50. The number of alkyl halides is 3. The molecule has 1 saturated heterocycles. The van der Waals surface area contributed by atoms with E-state index in [1.54, 1.807) is 0 Å². The lowest BCUT2D eigenvalue weighted by Crippen LogP contribution is -2.45. The third-order valence-corrected chi connectivity index (χ3v) is 4.64. The molecule has 2 amide bonds. The number of carbonyl (C=O) groups excluding carboxylic acids is 1. The molecule has 1 aromatic carbocycles. The highest BCUT2D eigenvalue weighted by molar-refractivity contribution is 6.34. The number of ether oxygens (including phenoxy) is 1. The third-order valence-electron chi connectivity index (χ3n) is 4.42. The molecule has 0 saturated carbocycles. The van der Waals surface area contributed by atoms with Gasteiger partial charge in [0, 0.05) is 24.3 Å². The van der Waals surface area contributed by atoms with E-state index < -0.39 is 23.7 Å². The van der Waals surface area contributed by atoms with Crippen molar-refractivity contribution < 1.29 is 32.6 Å². The molecular formula is C19H21ClF3N3O4. The molecule has 0 spiro atoms. The second-order valence-electron chi connectivity index (χ2n) is 6.64. The van der Waals surface area contributed by atoms with Gasteiger partial charge in [-0.1, -0.05) is 18.2 Å². The van der Waals surface area contributed by atoms with Gasteiger partial charge in [-0.15, -0.1) is 0 Å². The number of hydrazone groups is 1. The number of carbonyl (C=O) groups is 2. The molecule has 11 heteroatoms. The number of rotatable bonds is 6. The van der Waals surface area contributed by atoms with Gasteiger partial charge in [-0.05, 0) is 43.5 Å². The molecule has 1 aromatic rings. The lowest BCUT2D eigenvalue weighted by molar-refractivity contribution is -0.137. The van der Waals surface area contributed by atoms with Crippen molar-refractivity contribution in [2.24, 2.45) is 5.10 Å². The number of nitrogens with zero attached hydrogens (tertiary/aromatic N) is 3. The second-order valence-corrected chi connectivity index (χ2v) is 7.08. The summed E-state index contributed by atoms with van der Waals surface area (Å²) < 4.78 is 44.4. The Kier molecular flexibility index (Phi) is 7.85. The first kappa shape index (κ1) is 23.7. The first-order valence-corrected chi connectivity index (χ1v) is 9.36. The molecule has 1 aliphatic rings. The van der Waals surface area contributed by atoms with Crippen LogP contribution in [-0.4, -0.2) is 51.9 Å². The number of hydrogen-bond acceptors (Lipinski definition) is 4. The average molecular weight is 448 g/mol. The maximum absolute atomic E-state index is 12.9. The monoisotopic (exact) mass is 447 g/mol. The van der Waals surface area contributed by atoms with Crippen molar-refractivity contribution in [1.82, 2.24) is 9.91 Å². The molecule has 0 aliphatic carbocycles. The molecule has 0 aromatic heterocycles. The van der Waals surface area contributed by atoms with Gasteiger partial charge in [0.25, 0.3) is 0 Å². The van der Waals surface area contributed by atoms with Crippen LogP contribution in [0.4, 0.5) is 18.0 Å².